The normalized spacial score (nSPS) is 12.2. The number of aromatic hydroxyl groups is 1. The van der Waals surface area contributed by atoms with Crippen LogP contribution < -0.4 is 10.2 Å². The lowest BCUT2D eigenvalue weighted by Gasteiger charge is -2.10. The molecule has 2 N–H and O–H groups in total. The van der Waals surface area contributed by atoms with Crippen molar-refractivity contribution in [3.63, 3.8) is 0 Å². The smallest absolute Gasteiger partial charge is 0.277 e. The summed E-state index contributed by atoms with van der Waals surface area (Å²) in [6.07, 6.45) is 2.52. The van der Waals surface area contributed by atoms with E-state index in [4.69, 9.17) is 4.74 Å². The highest BCUT2D eigenvalue weighted by atomic mass is 16.5. The van der Waals surface area contributed by atoms with E-state index in [0.29, 0.717) is 17.2 Å². The maximum absolute atomic E-state index is 12.0. The minimum absolute atomic E-state index is 0.106. The number of carbonyl (C=O) groups is 1. The highest BCUT2D eigenvalue weighted by Gasteiger charge is 2.06. The largest absolute Gasteiger partial charge is 0.507 e. The summed E-state index contributed by atoms with van der Waals surface area (Å²) in [5.41, 5.74) is 4.23. The fraction of sp³-hybridized carbons (Fsp3) is 0.217. The first-order chi connectivity index (χ1) is 13.6. The minimum atomic E-state index is -0.373. The Labute approximate surface area is 164 Å². The van der Waals surface area contributed by atoms with Crippen LogP contribution >= 0.6 is 0 Å². The quantitative estimate of drug-likeness (QED) is 0.468. The van der Waals surface area contributed by atoms with E-state index in [2.05, 4.69) is 24.4 Å². The molecular weight excluding hydrogens is 352 g/mol. The maximum atomic E-state index is 12.0. The number of hydrogen-bond acceptors (Lipinski definition) is 4. The molecule has 0 fully saturated rings. The molecule has 0 aromatic heterocycles. The van der Waals surface area contributed by atoms with Crippen LogP contribution in [0.3, 0.4) is 0 Å². The average molecular weight is 376 g/mol. The Morgan fingerprint density at radius 3 is 2.64 bits per heavy atom. The second-order valence-corrected chi connectivity index (χ2v) is 6.68. The monoisotopic (exact) mass is 376 g/mol. The molecular formula is C23H24N2O3. The molecule has 0 aliphatic heterocycles. The first kappa shape index (κ1) is 19.4. The summed E-state index contributed by atoms with van der Waals surface area (Å²) in [5.74, 6) is 0.867. The van der Waals surface area contributed by atoms with Gasteiger partial charge in [-0.25, -0.2) is 5.43 Å². The predicted octanol–water partition coefficient (Wildman–Crippen LogP) is 4.59. The van der Waals surface area contributed by atoms with Crippen LogP contribution in [0.4, 0.5) is 0 Å². The number of phenolic OH excluding ortho intramolecular Hbond substituents is 1. The highest BCUT2D eigenvalue weighted by Crippen LogP contribution is 2.25. The van der Waals surface area contributed by atoms with Gasteiger partial charge in [-0.1, -0.05) is 56.3 Å². The standard InChI is InChI=1S/C23H24N2O3/c1-3-16(2)17-8-11-19(12-9-17)28-15-23(27)25-24-14-21-20-7-5-4-6-18(20)10-13-22(21)26/h4-14,16,26H,3,15H2,1-2H3,(H,25,27)/b24-14-/t16-/m0/s1. The summed E-state index contributed by atoms with van der Waals surface area (Å²) in [6.45, 7) is 4.19. The molecule has 0 spiro atoms. The molecule has 0 radical (unpaired) electrons. The van der Waals surface area contributed by atoms with Gasteiger partial charge < -0.3 is 9.84 Å². The Hall–Kier alpha value is -3.34. The van der Waals surface area contributed by atoms with Crippen LogP contribution in [0.5, 0.6) is 11.5 Å². The molecule has 0 bridgehead atoms. The van der Waals surface area contributed by atoms with Crippen LogP contribution in [0.2, 0.25) is 0 Å². The number of carbonyl (C=O) groups excluding carboxylic acids is 1. The highest BCUT2D eigenvalue weighted by molar-refractivity contribution is 6.02. The number of nitrogens with one attached hydrogen (secondary N) is 1. The lowest BCUT2D eigenvalue weighted by atomic mass is 9.99. The molecule has 3 aromatic rings. The summed E-state index contributed by atoms with van der Waals surface area (Å²) >= 11 is 0. The third kappa shape index (κ3) is 4.68. The molecule has 5 heteroatoms. The Morgan fingerprint density at radius 1 is 1.14 bits per heavy atom. The van der Waals surface area contributed by atoms with Crippen molar-refractivity contribution in [3.05, 3.63) is 71.8 Å². The number of nitrogens with zero attached hydrogens (tertiary/aromatic N) is 1. The van der Waals surface area contributed by atoms with E-state index < -0.39 is 0 Å². The Bertz CT molecular complexity index is 981. The summed E-state index contributed by atoms with van der Waals surface area (Å²) < 4.78 is 5.50. The first-order valence-corrected chi connectivity index (χ1v) is 9.34. The van der Waals surface area contributed by atoms with E-state index in [9.17, 15) is 9.90 Å². The second-order valence-electron chi connectivity index (χ2n) is 6.68. The molecule has 3 rings (SSSR count). The number of hydrogen-bond donors (Lipinski definition) is 2. The third-order valence-electron chi connectivity index (χ3n) is 4.76. The van der Waals surface area contributed by atoms with Crippen LogP contribution in [0.15, 0.2) is 65.8 Å². The van der Waals surface area contributed by atoms with E-state index in [1.807, 2.05) is 54.6 Å². The van der Waals surface area contributed by atoms with Gasteiger partial charge in [0.2, 0.25) is 0 Å². The van der Waals surface area contributed by atoms with Crippen molar-refractivity contribution in [1.29, 1.82) is 0 Å². The van der Waals surface area contributed by atoms with Crippen molar-refractivity contribution >= 4 is 22.9 Å². The van der Waals surface area contributed by atoms with Crippen molar-refractivity contribution in [2.45, 2.75) is 26.2 Å². The predicted molar refractivity (Wildman–Crippen MR) is 112 cm³/mol. The number of ether oxygens (including phenoxy) is 1. The van der Waals surface area contributed by atoms with E-state index in [0.717, 1.165) is 17.2 Å². The molecule has 0 saturated carbocycles. The molecule has 1 amide bonds. The van der Waals surface area contributed by atoms with Crippen LogP contribution in [0, 0.1) is 0 Å². The van der Waals surface area contributed by atoms with E-state index >= 15 is 0 Å². The summed E-state index contributed by atoms with van der Waals surface area (Å²) in [6, 6.07) is 18.9. The fourth-order valence-corrected chi connectivity index (χ4v) is 2.90. The van der Waals surface area contributed by atoms with E-state index in [1.54, 1.807) is 6.07 Å². The van der Waals surface area contributed by atoms with Gasteiger partial charge in [-0.2, -0.15) is 5.10 Å². The maximum Gasteiger partial charge on any atom is 0.277 e. The zero-order chi connectivity index (χ0) is 19.9. The third-order valence-corrected chi connectivity index (χ3v) is 4.76. The average Bonchev–Trinajstić information content (AvgIpc) is 2.73. The molecule has 3 aromatic carbocycles. The van der Waals surface area contributed by atoms with Gasteiger partial charge in [-0.05, 0) is 46.9 Å². The van der Waals surface area contributed by atoms with E-state index in [-0.39, 0.29) is 18.3 Å². The molecule has 0 saturated heterocycles. The van der Waals surface area contributed by atoms with Crippen molar-refractivity contribution in [2.75, 3.05) is 6.61 Å². The summed E-state index contributed by atoms with van der Waals surface area (Å²) in [5, 5.41) is 15.9. The van der Waals surface area contributed by atoms with Gasteiger partial charge in [0.05, 0.1) is 6.21 Å². The van der Waals surface area contributed by atoms with Crippen molar-refractivity contribution in [1.82, 2.24) is 5.43 Å². The van der Waals surface area contributed by atoms with Gasteiger partial charge in [0.1, 0.15) is 11.5 Å². The van der Waals surface area contributed by atoms with Gasteiger partial charge in [0.15, 0.2) is 6.61 Å². The molecule has 1 atom stereocenters. The van der Waals surface area contributed by atoms with Gasteiger partial charge in [0, 0.05) is 5.56 Å². The molecule has 0 aliphatic carbocycles. The number of phenols is 1. The molecule has 28 heavy (non-hydrogen) atoms. The number of benzene rings is 3. The zero-order valence-corrected chi connectivity index (χ0v) is 16.1. The van der Waals surface area contributed by atoms with Crippen LogP contribution in [0.1, 0.15) is 37.3 Å². The van der Waals surface area contributed by atoms with Gasteiger partial charge in [0.25, 0.3) is 5.91 Å². The first-order valence-electron chi connectivity index (χ1n) is 9.34. The van der Waals surface area contributed by atoms with Crippen molar-refractivity contribution in [3.8, 4) is 11.5 Å². The second kappa shape index (κ2) is 9.04. The molecule has 144 valence electrons. The van der Waals surface area contributed by atoms with Crippen LogP contribution in [-0.4, -0.2) is 23.8 Å². The summed E-state index contributed by atoms with van der Waals surface area (Å²) in [7, 11) is 0. The lowest BCUT2D eigenvalue weighted by Crippen LogP contribution is -2.24. The SMILES string of the molecule is CC[C@H](C)c1ccc(OCC(=O)N/N=C\c2c(O)ccc3ccccc23)cc1. The van der Waals surface area contributed by atoms with Gasteiger partial charge in [-0.3, -0.25) is 4.79 Å². The number of amides is 1. The van der Waals surface area contributed by atoms with Crippen LogP contribution in [-0.2, 0) is 4.79 Å². The number of rotatable bonds is 7. The topological polar surface area (TPSA) is 70.9 Å². The molecule has 5 nitrogen and oxygen atoms in total. The van der Waals surface area contributed by atoms with Crippen LogP contribution in [0.25, 0.3) is 10.8 Å². The van der Waals surface area contributed by atoms with Gasteiger partial charge >= 0.3 is 0 Å². The molecule has 0 unspecified atom stereocenters. The number of hydrazone groups is 1. The van der Waals surface area contributed by atoms with E-state index in [1.165, 1.54) is 11.8 Å². The Balaban J connectivity index is 1.57. The fourth-order valence-electron chi connectivity index (χ4n) is 2.90. The lowest BCUT2D eigenvalue weighted by molar-refractivity contribution is -0.123. The Morgan fingerprint density at radius 2 is 1.89 bits per heavy atom. The molecule has 0 aliphatic rings. The van der Waals surface area contributed by atoms with Gasteiger partial charge in [-0.15, -0.1) is 0 Å². The Kier molecular flexibility index (Phi) is 6.27. The number of fused-ring (bicyclic) bond motifs is 1. The summed E-state index contributed by atoms with van der Waals surface area (Å²) in [4.78, 5) is 12.0. The van der Waals surface area contributed by atoms with Crippen molar-refractivity contribution < 1.29 is 14.6 Å². The molecule has 0 heterocycles. The zero-order valence-electron chi connectivity index (χ0n) is 16.1. The minimum Gasteiger partial charge on any atom is -0.507 e. The van der Waals surface area contributed by atoms with Crippen molar-refractivity contribution in [2.24, 2.45) is 5.10 Å².